The van der Waals surface area contributed by atoms with E-state index in [9.17, 15) is 9.59 Å². The SMILES string of the molecule is COc1cc(C(=O)Oc2ccc(C=CC(=O)c3ccc(Cl)cc3)cc2)cc(OC)c1OC. The Morgan fingerprint density at radius 1 is 0.781 bits per heavy atom. The maximum absolute atomic E-state index is 12.6. The van der Waals surface area contributed by atoms with Gasteiger partial charge in [0.05, 0.1) is 26.9 Å². The predicted molar refractivity (Wildman–Crippen MR) is 122 cm³/mol. The molecule has 0 saturated heterocycles. The first-order valence-corrected chi connectivity index (χ1v) is 9.93. The van der Waals surface area contributed by atoms with Gasteiger partial charge < -0.3 is 18.9 Å². The summed E-state index contributed by atoms with van der Waals surface area (Å²) in [5, 5.41) is 0.571. The number of esters is 1. The second-order valence-corrected chi connectivity index (χ2v) is 7.01. The molecule has 0 saturated carbocycles. The maximum atomic E-state index is 12.6. The highest BCUT2D eigenvalue weighted by Crippen LogP contribution is 2.38. The van der Waals surface area contributed by atoms with E-state index in [-0.39, 0.29) is 11.3 Å². The number of rotatable bonds is 8. The van der Waals surface area contributed by atoms with Gasteiger partial charge in [0.2, 0.25) is 5.75 Å². The van der Waals surface area contributed by atoms with E-state index in [1.807, 2.05) is 0 Å². The number of ether oxygens (including phenoxy) is 4. The maximum Gasteiger partial charge on any atom is 0.343 e. The van der Waals surface area contributed by atoms with Crippen LogP contribution >= 0.6 is 11.6 Å². The molecule has 0 N–H and O–H groups in total. The van der Waals surface area contributed by atoms with E-state index in [1.165, 1.54) is 39.5 Å². The van der Waals surface area contributed by atoms with Crippen molar-refractivity contribution in [2.24, 2.45) is 0 Å². The van der Waals surface area contributed by atoms with Crippen LogP contribution in [0.3, 0.4) is 0 Å². The number of carbonyl (C=O) groups excluding carboxylic acids is 2. The normalized spacial score (nSPS) is 10.6. The van der Waals surface area contributed by atoms with Crippen molar-refractivity contribution in [3.8, 4) is 23.0 Å². The summed E-state index contributed by atoms with van der Waals surface area (Å²) in [7, 11) is 4.42. The molecule has 6 nitrogen and oxygen atoms in total. The van der Waals surface area contributed by atoms with Crippen LogP contribution in [0.5, 0.6) is 23.0 Å². The average molecular weight is 453 g/mol. The Morgan fingerprint density at radius 2 is 1.38 bits per heavy atom. The Hall–Kier alpha value is -3.77. The molecule has 0 radical (unpaired) electrons. The topological polar surface area (TPSA) is 71.1 Å². The number of methoxy groups -OCH3 is 3. The van der Waals surface area contributed by atoms with Crippen molar-refractivity contribution >= 4 is 29.4 Å². The minimum atomic E-state index is -0.578. The van der Waals surface area contributed by atoms with Gasteiger partial charge in [0, 0.05) is 10.6 Å². The molecule has 0 spiro atoms. The Kier molecular flexibility index (Phi) is 7.52. The van der Waals surface area contributed by atoms with Gasteiger partial charge in [-0.3, -0.25) is 4.79 Å². The standard InChI is InChI=1S/C25H21ClO6/c1-29-22-14-18(15-23(30-2)24(22)31-3)25(28)32-20-11-4-16(5-12-20)6-13-21(27)17-7-9-19(26)10-8-17/h4-15H,1-3H3. The fraction of sp³-hybridized carbons (Fsp3) is 0.120. The van der Waals surface area contributed by atoms with Crippen molar-refractivity contribution in [2.75, 3.05) is 21.3 Å². The number of ketones is 1. The van der Waals surface area contributed by atoms with E-state index in [0.717, 1.165) is 5.56 Å². The van der Waals surface area contributed by atoms with Crippen molar-refractivity contribution < 1.29 is 28.5 Å². The van der Waals surface area contributed by atoms with Gasteiger partial charge in [0.15, 0.2) is 17.3 Å². The highest BCUT2D eigenvalue weighted by Gasteiger charge is 2.18. The van der Waals surface area contributed by atoms with Crippen LogP contribution in [0.25, 0.3) is 6.08 Å². The summed E-state index contributed by atoms with van der Waals surface area (Å²) in [6, 6.07) is 16.5. The van der Waals surface area contributed by atoms with Crippen LogP contribution in [0.4, 0.5) is 0 Å². The lowest BCUT2D eigenvalue weighted by Gasteiger charge is -2.13. The zero-order chi connectivity index (χ0) is 23.1. The Balaban J connectivity index is 1.69. The Morgan fingerprint density at radius 3 is 1.91 bits per heavy atom. The van der Waals surface area contributed by atoms with E-state index in [4.69, 9.17) is 30.5 Å². The highest BCUT2D eigenvalue weighted by molar-refractivity contribution is 6.30. The largest absolute Gasteiger partial charge is 0.493 e. The Bertz CT molecular complexity index is 1110. The fourth-order valence-electron chi connectivity index (χ4n) is 2.89. The van der Waals surface area contributed by atoms with Crippen molar-refractivity contribution in [2.45, 2.75) is 0 Å². The molecule has 3 aromatic carbocycles. The smallest absolute Gasteiger partial charge is 0.343 e. The molecular weight excluding hydrogens is 432 g/mol. The minimum absolute atomic E-state index is 0.139. The summed E-state index contributed by atoms with van der Waals surface area (Å²) in [5.74, 6) is 0.722. The van der Waals surface area contributed by atoms with Crippen LogP contribution in [0.1, 0.15) is 26.3 Å². The molecule has 164 valence electrons. The molecule has 32 heavy (non-hydrogen) atoms. The number of benzene rings is 3. The van der Waals surface area contributed by atoms with Crippen LogP contribution in [-0.4, -0.2) is 33.1 Å². The van der Waals surface area contributed by atoms with Crippen LogP contribution in [-0.2, 0) is 0 Å². The molecule has 0 atom stereocenters. The van der Waals surface area contributed by atoms with Gasteiger partial charge in [-0.05, 0) is 60.2 Å². The quantitative estimate of drug-likeness (QED) is 0.195. The van der Waals surface area contributed by atoms with Gasteiger partial charge >= 0.3 is 5.97 Å². The van der Waals surface area contributed by atoms with Gasteiger partial charge in [-0.2, -0.15) is 0 Å². The number of carbonyl (C=O) groups is 2. The van der Waals surface area contributed by atoms with Crippen LogP contribution in [0.2, 0.25) is 5.02 Å². The van der Waals surface area contributed by atoms with Crippen LogP contribution in [0.15, 0.2) is 66.7 Å². The second-order valence-electron chi connectivity index (χ2n) is 6.58. The zero-order valence-corrected chi connectivity index (χ0v) is 18.5. The first kappa shape index (κ1) is 22.9. The Labute approximate surface area is 190 Å². The van der Waals surface area contributed by atoms with Gasteiger partial charge in [0.1, 0.15) is 5.75 Å². The zero-order valence-electron chi connectivity index (χ0n) is 17.8. The van der Waals surface area contributed by atoms with E-state index < -0.39 is 5.97 Å². The van der Waals surface area contributed by atoms with E-state index in [2.05, 4.69) is 0 Å². The number of hydrogen-bond acceptors (Lipinski definition) is 6. The monoisotopic (exact) mass is 452 g/mol. The highest BCUT2D eigenvalue weighted by atomic mass is 35.5. The molecule has 3 aromatic rings. The van der Waals surface area contributed by atoms with Crippen LogP contribution in [0, 0.1) is 0 Å². The number of hydrogen-bond donors (Lipinski definition) is 0. The molecule has 7 heteroatoms. The minimum Gasteiger partial charge on any atom is -0.493 e. The molecule has 0 aliphatic heterocycles. The van der Waals surface area contributed by atoms with Gasteiger partial charge in [-0.1, -0.05) is 29.8 Å². The summed E-state index contributed by atoms with van der Waals surface area (Å²) in [6.07, 6.45) is 3.15. The molecule has 0 amide bonds. The summed E-state index contributed by atoms with van der Waals surface area (Å²) in [6.45, 7) is 0. The second kappa shape index (κ2) is 10.5. The first-order chi connectivity index (χ1) is 15.4. The van der Waals surface area contributed by atoms with E-state index in [0.29, 0.717) is 33.6 Å². The molecule has 0 aliphatic rings. The molecular formula is C25H21ClO6. The summed E-state index contributed by atoms with van der Waals surface area (Å²) in [4.78, 5) is 24.8. The third-order valence-corrected chi connectivity index (χ3v) is 4.80. The third-order valence-electron chi connectivity index (χ3n) is 4.55. The number of allylic oxidation sites excluding steroid dienone is 1. The summed E-state index contributed by atoms with van der Waals surface area (Å²) >= 11 is 5.84. The van der Waals surface area contributed by atoms with E-state index in [1.54, 1.807) is 54.6 Å². The van der Waals surface area contributed by atoms with Crippen molar-refractivity contribution in [3.63, 3.8) is 0 Å². The van der Waals surface area contributed by atoms with Crippen LogP contribution < -0.4 is 18.9 Å². The van der Waals surface area contributed by atoms with Crippen molar-refractivity contribution in [3.05, 3.63) is 88.5 Å². The lowest BCUT2D eigenvalue weighted by Crippen LogP contribution is -2.09. The van der Waals surface area contributed by atoms with Gasteiger partial charge in [0.25, 0.3) is 0 Å². The van der Waals surface area contributed by atoms with Crippen molar-refractivity contribution in [1.82, 2.24) is 0 Å². The average Bonchev–Trinajstić information content (AvgIpc) is 2.82. The first-order valence-electron chi connectivity index (χ1n) is 9.55. The predicted octanol–water partition coefficient (Wildman–Crippen LogP) is 5.48. The van der Waals surface area contributed by atoms with E-state index >= 15 is 0 Å². The number of halogens is 1. The molecule has 0 bridgehead atoms. The van der Waals surface area contributed by atoms with Gasteiger partial charge in [-0.25, -0.2) is 4.79 Å². The molecule has 3 rings (SSSR count). The summed E-state index contributed by atoms with van der Waals surface area (Å²) in [5.41, 5.74) is 1.57. The molecule has 0 aliphatic carbocycles. The molecule has 0 heterocycles. The van der Waals surface area contributed by atoms with Gasteiger partial charge in [-0.15, -0.1) is 0 Å². The molecule has 0 unspecified atom stereocenters. The summed E-state index contributed by atoms with van der Waals surface area (Å²) < 4.78 is 21.2. The van der Waals surface area contributed by atoms with Crippen molar-refractivity contribution in [1.29, 1.82) is 0 Å². The lowest BCUT2D eigenvalue weighted by molar-refractivity contribution is 0.0733. The lowest BCUT2D eigenvalue weighted by atomic mass is 10.1. The molecule has 0 fully saturated rings. The fourth-order valence-corrected chi connectivity index (χ4v) is 3.02. The molecule has 0 aromatic heterocycles. The third kappa shape index (κ3) is 5.47.